The van der Waals surface area contributed by atoms with E-state index in [0.29, 0.717) is 22.6 Å². The summed E-state index contributed by atoms with van der Waals surface area (Å²) in [5.41, 5.74) is 1.79. The fourth-order valence-electron chi connectivity index (χ4n) is 3.34. The second-order valence-electron chi connectivity index (χ2n) is 7.65. The third kappa shape index (κ3) is 5.08. The molecule has 1 saturated carbocycles. The number of ether oxygens (including phenoxy) is 1. The van der Waals surface area contributed by atoms with E-state index in [1.807, 2.05) is 0 Å². The van der Waals surface area contributed by atoms with Gasteiger partial charge in [0, 0.05) is 24.7 Å². The van der Waals surface area contributed by atoms with E-state index in [2.05, 4.69) is 30.9 Å². The molecule has 0 bridgehead atoms. The highest BCUT2D eigenvalue weighted by molar-refractivity contribution is 6.30. The molecule has 3 aromatic heterocycles. The first-order valence-electron chi connectivity index (χ1n) is 10.2. The first-order valence-corrected chi connectivity index (χ1v) is 10.6. The molecule has 2 N–H and O–H groups in total. The fraction of sp³-hybridized carbons (Fsp3) is 0.333. The lowest BCUT2D eigenvalue weighted by molar-refractivity contribution is -0.124. The average molecular weight is 474 g/mol. The molecule has 3 aromatic rings. The molecule has 0 unspecified atom stereocenters. The van der Waals surface area contributed by atoms with Crippen LogP contribution in [0.2, 0.25) is 5.15 Å². The number of rotatable bonds is 6. The van der Waals surface area contributed by atoms with Gasteiger partial charge in [0.1, 0.15) is 17.4 Å². The molecule has 0 saturated heterocycles. The van der Waals surface area contributed by atoms with Crippen LogP contribution in [0.25, 0.3) is 11.4 Å². The molecular weight excluding hydrogens is 453 g/mol. The number of pyridine rings is 2. The van der Waals surface area contributed by atoms with Gasteiger partial charge >= 0.3 is 6.09 Å². The number of anilines is 2. The summed E-state index contributed by atoms with van der Waals surface area (Å²) in [6.07, 6.45) is 1.22. The highest BCUT2D eigenvalue weighted by Gasteiger charge is 2.34. The van der Waals surface area contributed by atoms with Gasteiger partial charge in [-0.05, 0) is 38.0 Å². The van der Waals surface area contributed by atoms with Gasteiger partial charge < -0.3 is 10.1 Å². The monoisotopic (exact) mass is 473 g/mol. The summed E-state index contributed by atoms with van der Waals surface area (Å²) in [6, 6.07) is 6.70. The second kappa shape index (κ2) is 9.49. The molecule has 33 heavy (non-hydrogen) atoms. The minimum atomic E-state index is -0.903. The van der Waals surface area contributed by atoms with Crippen molar-refractivity contribution in [1.29, 1.82) is 0 Å². The molecular formula is C21H21ClFN7O3. The van der Waals surface area contributed by atoms with E-state index >= 15 is 0 Å². The van der Waals surface area contributed by atoms with E-state index in [9.17, 15) is 14.0 Å². The lowest BCUT2D eigenvalue weighted by Gasteiger charge is -2.28. The maximum atomic E-state index is 13.0. The van der Waals surface area contributed by atoms with Gasteiger partial charge in [-0.25, -0.2) is 18.9 Å². The number of alkyl halides is 1. The molecule has 0 aromatic carbocycles. The number of hydrogen-bond donors (Lipinski definition) is 2. The van der Waals surface area contributed by atoms with Gasteiger partial charge in [-0.2, -0.15) is 0 Å². The van der Waals surface area contributed by atoms with E-state index in [1.54, 1.807) is 44.4 Å². The van der Waals surface area contributed by atoms with Crippen molar-refractivity contribution in [3.05, 3.63) is 47.4 Å². The second-order valence-corrected chi connectivity index (χ2v) is 8.01. The van der Waals surface area contributed by atoms with Crippen LogP contribution >= 0.6 is 11.6 Å². The predicted molar refractivity (Wildman–Crippen MR) is 118 cm³/mol. The Morgan fingerprint density at radius 3 is 2.70 bits per heavy atom. The summed E-state index contributed by atoms with van der Waals surface area (Å²) in [4.78, 5) is 32.8. The van der Waals surface area contributed by atoms with E-state index < -0.39 is 18.4 Å². The molecule has 10 nitrogen and oxygen atoms in total. The lowest BCUT2D eigenvalue weighted by atomic mass is 9.83. The van der Waals surface area contributed by atoms with Crippen LogP contribution in [-0.4, -0.2) is 43.1 Å². The van der Waals surface area contributed by atoms with Crippen molar-refractivity contribution in [3.63, 3.8) is 0 Å². The number of carbonyl (C=O) groups is 2. The van der Waals surface area contributed by atoms with Crippen molar-refractivity contribution in [3.8, 4) is 11.4 Å². The van der Waals surface area contributed by atoms with Gasteiger partial charge in [0.15, 0.2) is 11.5 Å². The summed E-state index contributed by atoms with van der Waals surface area (Å²) in [6.45, 7) is 1.68. The maximum Gasteiger partial charge on any atom is 0.413 e. The summed E-state index contributed by atoms with van der Waals surface area (Å²) in [7, 11) is 1.61. The zero-order valence-electron chi connectivity index (χ0n) is 17.8. The van der Waals surface area contributed by atoms with Crippen molar-refractivity contribution in [1.82, 2.24) is 25.0 Å². The highest BCUT2D eigenvalue weighted by Crippen LogP contribution is 2.31. The van der Waals surface area contributed by atoms with E-state index in [1.165, 1.54) is 10.9 Å². The van der Waals surface area contributed by atoms with Crippen LogP contribution in [0.4, 0.5) is 20.7 Å². The van der Waals surface area contributed by atoms with Crippen LogP contribution in [0.5, 0.6) is 0 Å². The first kappa shape index (κ1) is 22.6. The Morgan fingerprint density at radius 1 is 1.24 bits per heavy atom. The first-order chi connectivity index (χ1) is 15.8. The smallest absolute Gasteiger partial charge is 0.413 e. The number of nitrogens with one attached hydrogen (secondary N) is 2. The van der Waals surface area contributed by atoms with Crippen molar-refractivity contribution < 1.29 is 18.7 Å². The number of hydrogen-bond acceptors (Lipinski definition) is 7. The number of carbonyl (C=O) groups excluding carboxylic acids is 2. The Hall–Kier alpha value is -3.60. The van der Waals surface area contributed by atoms with E-state index in [-0.39, 0.29) is 35.6 Å². The van der Waals surface area contributed by atoms with Crippen LogP contribution in [0.1, 0.15) is 31.4 Å². The molecule has 4 rings (SSSR count). The topological polar surface area (TPSA) is 124 Å². The third-order valence-corrected chi connectivity index (χ3v) is 5.60. The number of amides is 2. The predicted octanol–water partition coefficient (Wildman–Crippen LogP) is 3.92. The van der Waals surface area contributed by atoms with Gasteiger partial charge in [-0.3, -0.25) is 15.1 Å². The molecule has 1 atom stereocenters. The molecule has 1 fully saturated rings. The zero-order chi connectivity index (χ0) is 23.5. The van der Waals surface area contributed by atoms with Crippen molar-refractivity contribution in [2.75, 3.05) is 10.6 Å². The summed E-state index contributed by atoms with van der Waals surface area (Å²) in [5.74, 6) is -0.270. The molecule has 172 valence electrons. The summed E-state index contributed by atoms with van der Waals surface area (Å²) in [5, 5.41) is 13.6. The molecule has 0 aliphatic heterocycles. The van der Waals surface area contributed by atoms with Crippen molar-refractivity contribution in [2.45, 2.75) is 32.0 Å². The molecule has 2 amide bonds. The molecule has 0 radical (unpaired) electrons. The summed E-state index contributed by atoms with van der Waals surface area (Å²) < 4.78 is 19.7. The van der Waals surface area contributed by atoms with Gasteiger partial charge in [-0.1, -0.05) is 22.9 Å². The van der Waals surface area contributed by atoms with Crippen LogP contribution < -0.4 is 10.6 Å². The quantitative estimate of drug-likeness (QED) is 0.520. The van der Waals surface area contributed by atoms with E-state index in [0.717, 1.165) is 0 Å². The number of aryl methyl sites for hydroxylation is 1. The van der Waals surface area contributed by atoms with Gasteiger partial charge in [0.2, 0.25) is 5.91 Å². The summed E-state index contributed by atoms with van der Waals surface area (Å²) >= 11 is 6.06. The molecule has 12 heteroatoms. The Kier molecular flexibility index (Phi) is 6.50. The van der Waals surface area contributed by atoms with Crippen molar-refractivity contribution >= 4 is 35.1 Å². The van der Waals surface area contributed by atoms with Crippen molar-refractivity contribution in [2.24, 2.45) is 13.0 Å². The molecule has 1 aliphatic carbocycles. The molecule has 0 spiro atoms. The lowest BCUT2D eigenvalue weighted by Crippen LogP contribution is -2.35. The SMILES string of the molecule is C[C@@H](OC(=O)Nc1c(-c2ccc(NC(=O)[C@H]3C[C@@H](F)C3)cn2)nnn1C)c1cccnc1Cl. The van der Waals surface area contributed by atoms with Gasteiger partial charge in [0.05, 0.1) is 17.6 Å². The number of halogens is 2. The zero-order valence-corrected chi connectivity index (χ0v) is 18.6. The minimum Gasteiger partial charge on any atom is -0.441 e. The fourth-order valence-corrected chi connectivity index (χ4v) is 3.61. The van der Waals surface area contributed by atoms with Gasteiger partial charge in [-0.15, -0.1) is 5.10 Å². The van der Waals surface area contributed by atoms with Crippen LogP contribution in [0.3, 0.4) is 0 Å². The Balaban J connectivity index is 1.42. The largest absolute Gasteiger partial charge is 0.441 e. The van der Waals surface area contributed by atoms with Crippen LogP contribution in [0.15, 0.2) is 36.7 Å². The Bertz CT molecular complexity index is 1160. The third-order valence-electron chi connectivity index (χ3n) is 5.28. The maximum absolute atomic E-state index is 13.0. The number of nitrogens with zero attached hydrogens (tertiary/aromatic N) is 5. The van der Waals surface area contributed by atoms with Crippen LogP contribution in [0, 0.1) is 5.92 Å². The normalized spacial score (nSPS) is 18.2. The standard InChI is InChI=1S/C21H21ClFN7O3/c1-11(15-4-3-7-24-18(15)22)33-21(32)27-19-17(28-29-30(19)2)16-6-5-14(10-25-16)26-20(31)12-8-13(23)9-12/h3-7,10-13H,8-9H2,1-2H3,(H,26,31)(H,27,32)/t11-,12-,13+/m1/s1. The minimum absolute atomic E-state index is 0.231. The Morgan fingerprint density at radius 2 is 2.03 bits per heavy atom. The molecule has 3 heterocycles. The average Bonchev–Trinajstić information content (AvgIpc) is 3.12. The van der Waals surface area contributed by atoms with E-state index in [4.69, 9.17) is 16.3 Å². The molecule has 1 aliphatic rings. The van der Waals surface area contributed by atoms with Crippen LogP contribution in [-0.2, 0) is 16.6 Å². The Labute approximate surface area is 193 Å². The van der Waals surface area contributed by atoms with Gasteiger partial charge in [0.25, 0.3) is 0 Å². The highest BCUT2D eigenvalue weighted by atomic mass is 35.5. The number of aromatic nitrogens is 5.